The van der Waals surface area contributed by atoms with Gasteiger partial charge in [0.2, 0.25) is 5.91 Å². The van der Waals surface area contributed by atoms with E-state index in [1.54, 1.807) is 36.4 Å². The van der Waals surface area contributed by atoms with Gasteiger partial charge in [-0.25, -0.2) is 0 Å². The second-order valence-corrected chi connectivity index (χ2v) is 4.98. The molecule has 2 aromatic carbocycles. The highest BCUT2D eigenvalue weighted by Crippen LogP contribution is 2.26. The fourth-order valence-electron chi connectivity index (χ4n) is 2.06. The van der Waals surface area contributed by atoms with Crippen molar-refractivity contribution < 1.29 is 19.1 Å². The normalized spacial score (nSPS) is 9.92. The van der Waals surface area contributed by atoms with Crippen molar-refractivity contribution in [2.75, 3.05) is 23.8 Å². The zero-order valence-electron chi connectivity index (χ0n) is 13.7. The molecular formula is C18H20N2O4. The number of hydrogen-bond donors (Lipinski definition) is 2. The standard InChI is InChI=1S/C18H20N2O4/c1-3-23-16-9-4-5-10-17(16)24-12-18(22)20-15-8-6-7-14(11-15)19-13(2)21/h4-11H,3,12H2,1-2H3,(H,19,21)(H,20,22). The third-order valence-electron chi connectivity index (χ3n) is 2.97. The summed E-state index contributed by atoms with van der Waals surface area (Å²) in [7, 11) is 0. The Labute approximate surface area is 140 Å². The van der Waals surface area contributed by atoms with Gasteiger partial charge in [0.05, 0.1) is 6.61 Å². The molecular weight excluding hydrogens is 308 g/mol. The summed E-state index contributed by atoms with van der Waals surface area (Å²) in [6.07, 6.45) is 0. The van der Waals surface area contributed by atoms with Crippen LogP contribution in [-0.4, -0.2) is 25.0 Å². The highest BCUT2D eigenvalue weighted by Gasteiger charge is 2.08. The molecule has 0 aliphatic carbocycles. The summed E-state index contributed by atoms with van der Waals surface area (Å²) < 4.78 is 11.0. The molecule has 2 amide bonds. The molecule has 0 saturated carbocycles. The van der Waals surface area contributed by atoms with Crippen LogP contribution in [0.5, 0.6) is 11.5 Å². The van der Waals surface area contributed by atoms with Gasteiger partial charge in [0.15, 0.2) is 18.1 Å². The lowest BCUT2D eigenvalue weighted by Crippen LogP contribution is -2.20. The first kappa shape index (κ1) is 17.3. The van der Waals surface area contributed by atoms with Gasteiger partial charge in [-0.05, 0) is 37.3 Å². The molecule has 0 aliphatic rings. The maximum Gasteiger partial charge on any atom is 0.262 e. The monoisotopic (exact) mass is 328 g/mol. The first-order valence-corrected chi connectivity index (χ1v) is 7.60. The van der Waals surface area contributed by atoms with E-state index in [-0.39, 0.29) is 18.4 Å². The summed E-state index contributed by atoms with van der Waals surface area (Å²) in [5.74, 6) is 0.637. The van der Waals surface area contributed by atoms with Crippen molar-refractivity contribution in [3.05, 3.63) is 48.5 Å². The molecule has 0 aromatic heterocycles. The van der Waals surface area contributed by atoms with E-state index in [2.05, 4.69) is 10.6 Å². The molecule has 6 heteroatoms. The van der Waals surface area contributed by atoms with Crippen LogP contribution in [0.15, 0.2) is 48.5 Å². The lowest BCUT2D eigenvalue weighted by molar-refractivity contribution is -0.118. The second kappa shape index (κ2) is 8.57. The number of carbonyl (C=O) groups is 2. The van der Waals surface area contributed by atoms with Gasteiger partial charge in [0, 0.05) is 18.3 Å². The molecule has 0 fully saturated rings. The predicted molar refractivity (Wildman–Crippen MR) is 92.5 cm³/mol. The predicted octanol–water partition coefficient (Wildman–Crippen LogP) is 3.06. The number of amides is 2. The van der Waals surface area contributed by atoms with Crippen LogP contribution in [-0.2, 0) is 9.59 Å². The summed E-state index contributed by atoms with van der Waals surface area (Å²) in [5, 5.41) is 5.38. The Kier molecular flexibility index (Phi) is 6.19. The molecule has 0 aliphatic heterocycles. The number of rotatable bonds is 7. The highest BCUT2D eigenvalue weighted by atomic mass is 16.5. The molecule has 6 nitrogen and oxygen atoms in total. The van der Waals surface area contributed by atoms with E-state index in [4.69, 9.17) is 9.47 Å². The first-order valence-electron chi connectivity index (χ1n) is 7.60. The Morgan fingerprint density at radius 3 is 2.17 bits per heavy atom. The average Bonchev–Trinajstić information content (AvgIpc) is 2.54. The Balaban J connectivity index is 1.93. The Bertz CT molecular complexity index is 716. The van der Waals surface area contributed by atoms with E-state index >= 15 is 0 Å². The lowest BCUT2D eigenvalue weighted by Gasteiger charge is -2.12. The van der Waals surface area contributed by atoms with E-state index < -0.39 is 0 Å². The number of anilines is 2. The number of benzene rings is 2. The van der Waals surface area contributed by atoms with Crippen molar-refractivity contribution in [3.8, 4) is 11.5 Å². The topological polar surface area (TPSA) is 76.7 Å². The number of nitrogens with one attached hydrogen (secondary N) is 2. The number of hydrogen-bond acceptors (Lipinski definition) is 4. The van der Waals surface area contributed by atoms with Crippen LogP contribution in [0.25, 0.3) is 0 Å². The van der Waals surface area contributed by atoms with Crippen LogP contribution in [0, 0.1) is 0 Å². The largest absolute Gasteiger partial charge is 0.490 e. The molecule has 0 unspecified atom stereocenters. The maximum atomic E-state index is 12.0. The zero-order chi connectivity index (χ0) is 17.4. The molecule has 0 spiro atoms. The van der Waals surface area contributed by atoms with Gasteiger partial charge in [-0.15, -0.1) is 0 Å². The minimum atomic E-state index is -0.304. The smallest absolute Gasteiger partial charge is 0.262 e. The maximum absolute atomic E-state index is 12.0. The number of ether oxygens (including phenoxy) is 2. The van der Waals surface area contributed by atoms with Gasteiger partial charge in [-0.1, -0.05) is 18.2 Å². The zero-order valence-corrected chi connectivity index (χ0v) is 13.7. The third kappa shape index (κ3) is 5.31. The van der Waals surface area contributed by atoms with Crippen molar-refractivity contribution in [2.24, 2.45) is 0 Å². The quantitative estimate of drug-likeness (QED) is 0.819. The Morgan fingerprint density at radius 1 is 0.917 bits per heavy atom. The van der Waals surface area contributed by atoms with Crippen molar-refractivity contribution in [1.29, 1.82) is 0 Å². The summed E-state index contributed by atoms with van der Waals surface area (Å²) in [4.78, 5) is 23.1. The molecule has 0 atom stereocenters. The fraction of sp³-hybridized carbons (Fsp3) is 0.222. The van der Waals surface area contributed by atoms with Crippen LogP contribution in [0.3, 0.4) is 0 Å². The molecule has 0 radical (unpaired) electrons. The van der Waals surface area contributed by atoms with E-state index in [1.807, 2.05) is 19.1 Å². The summed E-state index contributed by atoms with van der Waals surface area (Å²) in [6.45, 7) is 3.68. The van der Waals surface area contributed by atoms with Crippen LogP contribution >= 0.6 is 0 Å². The van der Waals surface area contributed by atoms with Gasteiger partial charge in [-0.3, -0.25) is 9.59 Å². The fourth-order valence-corrected chi connectivity index (χ4v) is 2.06. The van der Waals surface area contributed by atoms with Gasteiger partial charge >= 0.3 is 0 Å². The molecule has 126 valence electrons. The minimum Gasteiger partial charge on any atom is -0.490 e. The van der Waals surface area contributed by atoms with E-state index in [0.717, 1.165) is 0 Å². The Hall–Kier alpha value is -3.02. The van der Waals surface area contributed by atoms with Crippen molar-refractivity contribution in [2.45, 2.75) is 13.8 Å². The summed E-state index contributed by atoms with van der Waals surface area (Å²) >= 11 is 0. The summed E-state index contributed by atoms with van der Waals surface area (Å²) in [5.41, 5.74) is 1.19. The van der Waals surface area contributed by atoms with E-state index in [1.165, 1.54) is 6.92 Å². The average molecular weight is 328 g/mol. The molecule has 2 aromatic rings. The second-order valence-electron chi connectivity index (χ2n) is 4.98. The summed E-state index contributed by atoms with van der Waals surface area (Å²) in [6, 6.07) is 14.1. The highest BCUT2D eigenvalue weighted by molar-refractivity contribution is 5.94. The van der Waals surface area contributed by atoms with Crippen LogP contribution in [0.2, 0.25) is 0 Å². The molecule has 0 saturated heterocycles. The van der Waals surface area contributed by atoms with E-state index in [9.17, 15) is 9.59 Å². The van der Waals surface area contributed by atoms with E-state index in [0.29, 0.717) is 29.5 Å². The molecule has 24 heavy (non-hydrogen) atoms. The molecule has 2 N–H and O–H groups in total. The van der Waals surface area contributed by atoms with Crippen molar-refractivity contribution >= 4 is 23.2 Å². The van der Waals surface area contributed by atoms with Crippen molar-refractivity contribution in [1.82, 2.24) is 0 Å². The lowest BCUT2D eigenvalue weighted by atomic mass is 10.2. The number of carbonyl (C=O) groups excluding carboxylic acids is 2. The van der Waals surface area contributed by atoms with Gasteiger partial charge in [0.25, 0.3) is 5.91 Å². The molecule has 0 heterocycles. The van der Waals surface area contributed by atoms with Gasteiger partial charge in [-0.2, -0.15) is 0 Å². The first-order chi connectivity index (χ1) is 11.6. The van der Waals surface area contributed by atoms with Gasteiger partial charge < -0.3 is 20.1 Å². The van der Waals surface area contributed by atoms with Crippen molar-refractivity contribution in [3.63, 3.8) is 0 Å². The SMILES string of the molecule is CCOc1ccccc1OCC(=O)Nc1cccc(NC(C)=O)c1. The van der Waals surface area contributed by atoms with Crippen LogP contribution in [0.4, 0.5) is 11.4 Å². The third-order valence-corrected chi connectivity index (χ3v) is 2.97. The molecule has 0 bridgehead atoms. The minimum absolute atomic E-state index is 0.144. The van der Waals surface area contributed by atoms with Crippen LogP contribution in [0.1, 0.15) is 13.8 Å². The number of para-hydroxylation sites is 2. The van der Waals surface area contributed by atoms with Crippen LogP contribution < -0.4 is 20.1 Å². The van der Waals surface area contributed by atoms with Gasteiger partial charge in [0.1, 0.15) is 0 Å². The Morgan fingerprint density at radius 2 is 1.54 bits per heavy atom. The molecule has 2 rings (SSSR count).